The molecular formula is C18H24N2O4S. The van der Waals surface area contributed by atoms with Gasteiger partial charge >= 0.3 is 11.9 Å². The van der Waals surface area contributed by atoms with Gasteiger partial charge in [0.05, 0.1) is 23.7 Å². The van der Waals surface area contributed by atoms with Crippen LogP contribution in [0, 0.1) is 5.92 Å². The zero-order chi connectivity index (χ0) is 18.7. The van der Waals surface area contributed by atoms with E-state index in [0.717, 1.165) is 0 Å². The molecule has 0 saturated heterocycles. The van der Waals surface area contributed by atoms with E-state index in [9.17, 15) is 9.59 Å². The van der Waals surface area contributed by atoms with Crippen molar-refractivity contribution in [3.63, 3.8) is 0 Å². The van der Waals surface area contributed by atoms with Crippen LogP contribution in [-0.4, -0.2) is 34.8 Å². The Morgan fingerprint density at radius 1 is 1.12 bits per heavy atom. The molecule has 0 N–H and O–H groups in total. The Labute approximate surface area is 152 Å². The average Bonchev–Trinajstić information content (AvgIpc) is 2.98. The Morgan fingerprint density at radius 3 is 2.28 bits per heavy atom. The van der Waals surface area contributed by atoms with Gasteiger partial charge in [-0.25, -0.2) is 9.78 Å². The molecule has 0 radical (unpaired) electrons. The smallest absolute Gasteiger partial charge is 0.336 e. The predicted octanol–water partition coefficient (Wildman–Crippen LogP) is 3.49. The molecule has 0 aromatic carbocycles. The van der Waals surface area contributed by atoms with Gasteiger partial charge in [0.1, 0.15) is 10.9 Å². The second kappa shape index (κ2) is 7.91. The van der Waals surface area contributed by atoms with E-state index in [1.54, 1.807) is 47.7 Å². The molecule has 0 saturated carbocycles. The molecule has 0 bridgehead atoms. The fourth-order valence-electron chi connectivity index (χ4n) is 2.85. The zero-order valence-corrected chi connectivity index (χ0v) is 16.2. The lowest BCUT2D eigenvalue weighted by atomic mass is 9.80. The maximum Gasteiger partial charge on any atom is 0.336 e. The number of nitrogens with zero attached hydrogens (tertiary/aromatic N) is 2. The Kier molecular flexibility index (Phi) is 6.11. The molecular weight excluding hydrogens is 340 g/mol. The van der Waals surface area contributed by atoms with E-state index in [2.05, 4.69) is 9.98 Å². The van der Waals surface area contributed by atoms with Gasteiger partial charge in [0.2, 0.25) is 0 Å². The van der Waals surface area contributed by atoms with Crippen LogP contribution in [0.3, 0.4) is 0 Å². The zero-order valence-electron chi connectivity index (χ0n) is 15.4. The third kappa shape index (κ3) is 4.34. The summed E-state index contributed by atoms with van der Waals surface area (Å²) in [6, 6.07) is 0. The van der Waals surface area contributed by atoms with Gasteiger partial charge in [-0.05, 0) is 41.5 Å². The van der Waals surface area contributed by atoms with Crippen LogP contribution in [0.25, 0.3) is 0 Å². The van der Waals surface area contributed by atoms with E-state index in [-0.39, 0.29) is 12.2 Å². The van der Waals surface area contributed by atoms with Gasteiger partial charge in [0.25, 0.3) is 0 Å². The van der Waals surface area contributed by atoms with Crippen LogP contribution in [0.1, 0.15) is 52.5 Å². The van der Waals surface area contributed by atoms with Gasteiger partial charge in [0, 0.05) is 23.0 Å². The summed E-state index contributed by atoms with van der Waals surface area (Å²) in [6.07, 6.45) is 1.14. The quantitative estimate of drug-likeness (QED) is 0.747. The predicted molar refractivity (Wildman–Crippen MR) is 96.6 cm³/mol. The lowest BCUT2D eigenvalue weighted by Crippen LogP contribution is -2.37. The molecule has 1 aliphatic heterocycles. The van der Waals surface area contributed by atoms with E-state index in [4.69, 9.17) is 9.47 Å². The van der Waals surface area contributed by atoms with Crippen LogP contribution in [0.2, 0.25) is 0 Å². The molecule has 1 aromatic heterocycles. The third-order valence-corrected chi connectivity index (χ3v) is 4.57. The van der Waals surface area contributed by atoms with Gasteiger partial charge in [-0.1, -0.05) is 0 Å². The topological polar surface area (TPSA) is 77.9 Å². The minimum Gasteiger partial charge on any atom is -0.462 e. The molecule has 0 fully saturated rings. The van der Waals surface area contributed by atoms with Crippen LogP contribution < -0.4 is 0 Å². The molecule has 2 rings (SSSR count). The molecule has 136 valence electrons. The maximum atomic E-state index is 12.7. The molecule has 1 aromatic rings. The van der Waals surface area contributed by atoms with Crippen molar-refractivity contribution in [2.24, 2.45) is 10.9 Å². The summed E-state index contributed by atoms with van der Waals surface area (Å²) in [4.78, 5) is 34.2. The van der Waals surface area contributed by atoms with E-state index in [1.807, 2.05) is 5.38 Å². The Balaban J connectivity index is 2.53. The van der Waals surface area contributed by atoms with Crippen molar-refractivity contribution < 1.29 is 19.1 Å². The number of hydrogen-bond acceptors (Lipinski definition) is 7. The molecule has 2 heterocycles. The molecule has 1 aliphatic rings. The van der Waals surface area contributed by atoms with E-state index >= 15 is 0 Å². The number of esters is 2. The highest BCUT2D eigenvalue weighted by Gasteiger charge is 2.44. The Hall–Kier alpha value is -2.02. The summed E-state index contributed by atoms with van der Waals surface area (Å²) >= 11 is 1.40. The number of aromatic nitrogens is 1. The summed E-state index contributed by atoms with van der Waals surface area (Å²) in [6.45, 7) is 10.7. The van der Waals surface area contributed by atoms with Crippen LogP contribution in [0.15, 0.2) is 27.8 Å². The average molecular weight is 364 g/mol. The summed E-state index contributed by atoms with van der Waals surface area (Å²) < 4.78 is 10.8. The number of thiazole rings is 1. The Bertz CT molecular complexity index is 705. The highest BCUT2D eigenvalue weighted by molar-refractivity contribution is 7.09. The SMILES string of the molecule is CC1=NC(C)=C(C(=O)OC(C)C)C(c2nccs2)C1C(=O)OC(C)C. The Morgan fingerprint density at radius 2 is 1.76 bits per heavy atom. The molecule has 2 atom stereocenters. The molecule has 0 amide bonds. The van der Waals surface area contributed by atoms with Crippen LogP contribution in [-0.2, 0) is 19.1 Å². The van der Waals surface area contributed by atoms with E-state index in [0.29, 0.717) is 22.0 Å². The van der Waals surface area contributed by atoms with Crippen LogP contribution in [0.4, 0.5) is 0 Å². The standard InChI is InChI=1S/C18H24N2O4S/c1-9(2)23-17(21)13-11(5)20-12(6)14(18(22)24-10(3)4)15(13)16-19-7-8-25-16/h7-10,13,15H,1-6H3. The largest absolute Gasteiger partial charge is 0.462 e. The lowest BCUT2D eigenvalue weighted by molar-refractivity contribution is -0.150. The van der Waals surface area contributed by atoms with Gasteiger partial charge in [0.15, 0.2) is 0 Å². The number of rotatable bonds is 5. The number of carbonyl (C=O) groups is 2. The lowest BCUT2D eigenvalue weighted by Gasteiger charge is -2.30. The van der Waals surface area contributed by atoms with Gasteiger partial charge < -0.3 is 9.47 Å². The number of allylic oxidation sites excluding steroid dienone is 1. The first-order valence-electron chi connectivity index (χ1n) is 8.29. The minimum atomic E-state index is -0.688. The van der Waals surface area contributed by atoms with Gasteiger partial charge in [-0.2, -0.15) is 0 Å². The minimum absolute atomic E-state index is 0.254. The molecule has 2 unspecified atom stereocenters. The fraction of sp³-hybridized carbons (Fsp3) is 0.556. The van der Waals surface area contributed by atoms with Gasteiger partial charge in [-0.15, -0.1) is 11.3 Å². The molecule has 0 aliphatic carbocycles. The van der Waals surface area contributed by atoms with Gasteiger partial charge in [-0.3, -0.25) is 9.79 Å². The maximum absolute atomic E-state index is 12.7. The van der Waals surface area contributed by atoms with Crippen molar-refractivity contribution in [2.75, 3.05) is 0 Å². The number of carbonyl (C=O) groups excluding carboxylic acids is 2. The van der Waals surface area contributed by atoms with Crippen molar-refractivity contribution >= 4 is 29.0 Å². The summed E-state index contributed by atoms with van der Waals surface area (Å²) in [5.74, 6) is -2.10. The van der Waals surface area contributed by atoms with Crippen molar-refractivity contribution in [3.05, 3.63) is 27.9 Å². The van der Waals surface area contributed by atoms with Crippen LogP contribution >= 0.6 is 11.3 Å². The van der Waals surface area contributed by atoms with Crippen molar-refractivity contribution in [2.45, 2.75) is 59.7 Å². The number of ether oxygens (including phenoxy) is 2. The number of aliphatic imine (C=N–C) groups is 1. The first-order chi connectivity index (χ1) is 11.7. The van der Waals surface area contributed by atoms with Crippen molar-refractivity contribution in [1.29, 1.82) is 0 Å². The van der Waals surface area contributed by atoms with E-state index < -0.39 is 23.8 Å². The summed E-state index contributed by atoms with van der Waals surface area (Å²) in [5.41, 5.74) is 1.54. The highest BCUT2D eigenvalue weighted by Crippen LogP contribution is 2.41. The molecule has 7 heteroatoms. The van der Waals surface area contributed by atoms with E-state index in [1.165, 1.54) is 11.3 Å². The fourth-order valence-corrected chi connectivity index (χ4v) is 3.63. The molecule has 6 nitrogen and oxygen atoms in total. The second-order valence-electron chi connectivity index (χ2n) is 6.52. The first kappa shape index (κ1) is 19.3. The normalized spacial score (nSPS) is 20.7. The monoisotopic (exact) mass is 364 g/mol. The number of hydrogen-bond donors (Lipinski definition) is 0. The molecule has 25 heavy (non-hydrogen) atoms. The second-order valence-corrected chi connectivity index (χ2v) is 7.44. The first-order valence-corrected chi connectivity index (χ1v) is 9.17. The van der Waals surface area contributed by atoms with Crippen molar-refractivity contribution in [1.82, 2.24) is 4.98 Å². The highest BCUT2D eigenvalue weighted by atomic mass is 32.1. The van der Waals surface area contributed by atoms with Crippen LogP contribution in [0.5, 0.6) is 0 Å². The molecule has 0 spiro atoms. The summed E-state index contributed by atoms with van der Waals surface area (Å²) in [5, 5.41) is 2.50. The van der Waals surface area contributed by atoms with Crippen molar-refractivity contribution in [3.8, 4) is 0 Å². The third-order valence-electron chi connectivity index (χ3n) is 3.71. The summed E-state index contributed by atoms with van der Waals surface area (Å²) in [7, 11) is 0.